The van der Waals surface area contributed by atoms with Gasteiger partial charge < -0.3 is 29.2 Å². The minimum atomic E-state index is -1.20. The van der Waals surface area contributed by atoms with Crippen molar-refractivity contribution < 1.29 is 38.7 Å². The predicted octanol–water partition coefficient (Wildman–Crippen LogP) is 10.9. The molecule has 0 saturated carbocycles. The van der Waals surface area contributed by atoms with Crippen LogP contribution in [-0.2, 0) is 14.3 Å². The Morgan fingerprint density at radius 3 is 1.52 bits per heavy atom. The molecule has 2 atom stereocenters. The molecular formula is C45H43Br3N6O8. The second kappa shape index (κ2) is 22.5. The number of carboxylic acid groups (broad SMARTS) is 1. The van der Waals surface area contributed by atoms with Crippen molar-refractivity contribution in [1.82, 2.24) is 30.0 Å². The summed E-state index contributed by atoms with van der Waals surface area (Å²) < 4.78 is 22.7. The summed E-state index contributed by atoms with van der Waals surface area (Å²) in [7, 11) is 4.49. The molecule has 6 aromatic carbocycles. The maximum Gasteiger partial charge on any atom is 0.349 e. The summed E-state index contributed by atoms with van der Waals surface area (Å²) in [6, 6.07) is 39.5. The molecule has 322 valence electrons. The van der Waals surface area contributed by atoms with Gasteiger partial charge in [0.15, 0.2) is 0 Å². The SMILES string of the molecule is C.C.COC(=O)C(Br)c1cccc(Br)c1.COc1ccc(O)c(-n2nc3ccccc3n2)c1.COc1ccc(OC(C(=O)O)c2cccc(Br)c2)c(-n2nc3ccccc3n2)c1. The number of carbonyl (C=O) groups excluding carboxylic acids is 1. The van der Waals surface area contributed by atoms with E-state index in [4.69, 9.17) is 14.2 Å². The number of hydrogen-bond donors (Lipinski definition) is 2. The first-order valence-electron chi connectivity index (χ1n) is 17.8. The standard InChI is InChI=1S/C21H16BrN3O4.C13H11N3O2.C9H8Br2O2.2CH4/c1-28-15-9-10-19(29-20(21(26)27)13-5-4-6-14(22)11-13)18(12-15)25-23-16-7-2-3-8-17(16)24-25;1-18-9-6-7-13(17)12(8-9)16-14-10-4-2-3-5-11(10)15-16;1-13-9(12)8(11)6-3-2-4-7(10)5-6;;/h2-12,20H,1H3,(H,26,27);2-8,17H,1H3;2-5,8H,1H3;2*1H4. The highest BCUT2D eigenvalue weighted by Gasteiger charge is 2.25. The summed E-state index contributed by atoms with van der Waals surface area (Å²) >= 11 is 9.94. The second-order valence-electron chi connectivity index (χ2n) is 12.5. The molecule has 8 rings (SSSR count). The summed E-state index contributed by atoms with van der Waals surface area (Å²) in [5.41, 5.74) is 5.33. The number of rotatable bonds is 10. The van der Waals surface area contributed by atoms with Crippen LogP contribution >= 0.6 is 47.8 Å². The van der Waals surface area contributed by atoms with Gasteiger partial charge in [-0.2, -0.15) is 0 Å². The number of aromatic nitrogens is 6. The zero-order valence-electron chi connectivity index (χ0n) is 32.0. The van der Waals surface area contributed by atoms with Crippen LogP contribution in [0.4, 0.5) is 0 Å². The molecule has 2 N–H and O–H groups in total. The molecule has 0 fully saturated rings. The first-order valence-corrected chi connectivity index (χ1v) is 20.3. The van der Waals surface area contributed by atoms with Gasteiger partial charge >= 0.3 is 11.9 Å². The van der Waals surface area contributed by atoms with Crippen molar-refractivity contribution in [3.05, 3.63) is 154 Å². The Bertz CT molecular complexity index is 2700. The van der Waals surface area contributed by atoms with Crippen LogP contribution in [0.3, 0.4) is 0 Å². The van der Waals surface area contributed by atoms with Crippen LogP contribution in [0.5, 0.6) is 23.0 Å². The van der Waals surface area contributed by atoms with Crippen molar-refractivity contribution >= 4 is 81.8 Å². The summed E-state index contributed by atoms with van der Waals surface area (Å²) in [6.07, 6.45) is -1.20. The number of phenols is 1. The molecule has 14 nitrogen and oxygen atoms in total. The monoisotopic (exact) mass is 1030 g/mol. The molecule has 17 heteroatoms. The fourth-order valence-electron chi connectivity index (χ4n) is 5.57. The molecule has 0 saturated heterocycles. The van der Waals surface area contributed by atoms with Gasteiger partial charge in [0, 0.05) is 26.6 Å². The third kappa shape index (κ3) is 12.0. The lowest BCUT2D eigenvalue weighted by Crippen LogP contribution is -2.19. The van der Waals surface area contributed by atoms with Crippen LogP contribution in [0.25, 0.3) is 33.4 Å². The molecule has 2 heterocycles. The van der Waals surface area contributed by atoms with Crippen LogP contribution in [0.1, 0.15) is 36.9 Å². The van der Waals surface area contributed by atoms with Gasteiger partial charge in [-0.25, -0.2) is 4.79 Å². The van der Waals surface area contributed by atoms with Gasteiger partial charge in [0.25, 0.3) is 0 Å². The van der Waals surface area contributed by atoms with Gasteiger partial charge in [0.2, 0.25) is 6.10 Å². The number of benzene rings is 6. The zero-order valence-corrected chi connectivity index (χ0v) is 36.8. The van der Waals surface area contributed by atoms with E-state index in [2.05, 4.69) is 72.9 Å². The van der Waals surface area contributed by atoms with E-state index in [1.54, 1.807) is 68.8 Å². The quantitative estimate of drug-likeness (QED) is 0.0982. The van der Waals surface area contributed by atoms with Crippen molar-refractivity contribution in [1.29, 1.82) is 0 Å². The number of aliphatic carboxylic acids is 1. The number of aromatic hydroxyl groups is 1. The van der Waals surface area contributed by atoms with E-state index in [1.807, 2.05) is 78.9 Å². The highest BCUT2D eigenvalue weighted by Crippen LogP contribution is 2.33. The molecule has 0 aliphatic rings. The fourth-order valence-corrected chi connectivity index (χ4v) is 6.87. The van der Waals surface area contributed by atoms with Crippen molar-refractivity contribution in [2.45, 2.75) is 25.8 Å². The first-order chi connectivity index (χ1) is 29.0. The fraction of sp³-hybridized carbons (Fsp3) is 0.156. The maximum absolute atomic E-state index is 11.9. The zero-order chi connectivity index (χ0) is 42.8. The van der Waals surface area contributed by atoms with E-state index in [0.717, 1.165) is 25.5 Å². The van der Waals surface area contributed by atoms with E-state index in [9.17, 15) is 19.8 Å². The smallest absolute Gasteiger partial charge is 0.349 e. The molecule has 2 unspecified atom stereocenters. The number of phenolic OH excluding ortho intramolecular Hbond substituents is 1. The Morgan fingerprint density at radius 1 is 0.597 bits per heavy atom. The molecule has 0 bridgehead atoms. The normalized spacial score (nSPS) is 11.3. The largest absolute Gasteiger partial charge is 0.506 e. The Kier molecular flexibility index (Phi) is 17.6. The summed E-state index contributed by atoms with van der Waals surface area (Å²) in [4.78, 5) is 25.5. The Balaban J connectivity index is 0.000000220. The molecule has 0 aliphatic carbocycles. The third-order valence-electron chi connectivity index (χ3n) is 8.52. The number of alkyl halides is 1. The lowest BCUT2D eigenvalue weighted by atomic mass is 10.1. The second-order valence-corrected chi connectivity index (χ2v) is 15.2. The van der Waals surface area contributed by atoms with Gasteiger partial charge in [-0.15, -0.1) is 30.0 Å². The highest BCUT2D eigenvalue weighted by molar-refractivity contribution is 9.11. The van der Waals surface area contributed by atoms with E-state index in [0.29, 0.717) is 45.2 Å². The number of ether oxygens (including phenoxy) is 4. The Hall–Kier alpha value is -6.30. The minimum absolute atomic E-state index is 0. The lowest BCUT2D eigenvalue weighted by Gasteiger charge is -2.18. The molecule has 0 spiro atoms. The van der Waals surface area contributed by atoms with E-state index < -0.39 is 16.9 Å². The number of halogens is 3. The summed E-state index contributed by atoms with van der Waals surface area (Å²) in [6.45, 7) is 0. The number of fused-ring (bicyclic) bond motifs is 2. The molecule has 0 aliphatic heterocycles. The average Bonchev–Trinajstić information content (AvgIpc) is 3.90. The van der Waals surface area contributed by atoms with E-state index >= 15 is 0 Å². The van der Waals surface area contributed by atoms with Crippen LogP contribution in [0.2, 0.25) is 0 Å². The van der Waals surface area contributed by atoms with Crippen molar-refractivity contribution in [2.24, 2.45) is 0 Å². The number of carboxylic acids is 1. The molecule has 0 amide bonds. The van der Waals surface area contributed by atoms with Gasteiger partial charge in [0.1, 0.15) is 61.3 Å². The van der Waals surface area contributed by atoms with E-state index in [1.165, 1.54) is 16.7 Å². The van der Waals surface area contributed by atoms with Crippen LogP contribution in [0, 0.1) is 0 Å². The van der Waals surface area contributed by atoms with Crippen LogP contribution in [0.15, 0.2) is 142 Å². The molecule has 8 aromatic rings. The Morgan fingerprint density at radius 2 is 1.05 bits per heavy atom. The van der Waals surface area contributed by atoms with Gasteiger partial charge in [-0.1, -0.05) is 111 Å². The average molecular weight is 1040 g/mol. The number of esters is 1. The van der Waals surface area contributed by atoms with Crippen molar-refractivity contribution in [2.75, 3.05) is 21.3 Å². The van der Waals surface area contributed by atoms with Crippen LogP contribution in [-0.4, -0.2) is 73.5 Å². The van der Waals surface area contributed by atoms with E-state index in [-0.39, 0.29) is 26.6 Å². The third-order valence-corrected chi connectivity index (χ3v) is 10.4. The lowest BCUT2D eigenvalue weighted by molar-refractivity contribution is -0.145. The number of nitrogens with zero attached hydrogens (tertiary/aromatic N) is 6. The maximum atomic E-state index is 11.9. The van der Waals surface area contributed by atoms with Crippen molar-refractivity contribution in [3.63, 3.8) is 0 Å². The molecule has 0 radical (unpaired) electrons. The van der Waals surface area contributed by atoms with Crippen molar-refractivity contribution in [3.8, 4) is 34.4 Å². The van der Waals surface area contributed by atoms with Gasteiger partial charge in [0.05, 0.1) is 21.3 Å². The molecule has 62 heavy (non-hydrogen) atoms. The predicted molar refractivity (Wildman–Crippen MR) is 249 cm³/mol. The molecular weight excluding hydrogens is 992 g/mol. The first kappa shape index (κ1) is 48.4. The number of carbonyl (C=O) groups is 2. The van der Waals surface area contributed by atoms with Crippen LogP contribution < -0.4 is 14.2 Å². The summed E-state index contributed by atoms with van der Waals surface area (Å²) in [5, 5.41) is 37.2. The van der Waals surface area contributed by atoms with Gasteiger partial charge in [-0.05, 0) is 78.4 Å². The number of methoxy groups -OCH3 is 3. The highest BCUT2D eigenvalue weighted by atomic mass is 79.9. The topological polar surface area (TPSA) is 173 Å². The molecule has 2 aromatic heterocycles. The van der Waals surface area contributed by atoms with Gasteiger partial charge in [-0.3, -0.25) is 4.79 Å². The Labute approximate surface area is 383 Å². The summed E-state index contributed by atoms with van der Waals surface area (Å²) in [5.74, 6) is 0.239. The minimum Gasteiger partial charge on any atom is -0.506 e. The number of hydrogen-bond acceptors (Lipinski definition) is 11.